The first kappa shape index (κ1) is 18.4. The van der Waals surface area contributed by atoms with E-state index in [1.807, 2.05) is 0 Å². The second-order valence-electron chi connectivity index (χ2n) is 6.16. The monoisotopic (exact) mass is 368 g/mol. The molecule has 2 aromatic carbocycles. The van der Waals surface area contributed by atoms with Gasteiger partial charge in [-0.2, -0.15) is 0 Å². The first-order valence-electron chi connectivity index (χ1n) is 8.55. The van der Waals surface area contributed by atoms with Gasteiger partial charge in [0.15, 0.2) is 6.10 Å². The molecule has 1 atom stereocenters. The van der Waals surface area contributed by atoms with Crippen LogP contribution in [0.2, 0.25) is 0 Å². The Morgan fingerprint density at radius 3 is 2.70 bits per heavy atom. The van der Waals surface area contributed by atoms with Crippen molar-refractivity contribution in [3.05, 3.63) is 53.6 Å². The minimum Gasteiger partial charge on any atom is -0.495 e. The summed E-state index contributed by atoms with van der Waals surface area (Å²) in [5.74, 6) is -0.587. The van der Waals surface area contributed by atoms with E-state index in [9.17, 15) is 14.4 Å². The van der Waals surface area contributed by atoms with Crippen LogP contribution in [0.25, 0.3) is 0 Å². The van der Waals surface area contributed by atoms with E-state index >= 15 is 0 Å². The van der Waals surface area contributed by atoms with E-state index in [2.05, 4.69) is 10.6 Å². The number of para-hydroxylation sites is 2. The summed E-state index contributed by atoms with van der Waals surface area (Å²) in [5.41, 5.74) is 2.40. The summed E-state index contributed by atoms with van der Waals surface area (Å²) in [7, 11) is 1.51. The Morgan fingerprint density at radius 2 is 1.93 bits per heavy atom. The highest BCUT2D eigenvalue weighted by atomic mass is 16.5. The van der Waals surface area contributed by atoms with Crippen molar-refractivity contribution in [2.24, 2.45) is 0 Å². The molecule has 0 fully saturated rings. The third kappa shape index (κ3) is 4.25. The summed E-state index contributed by atoms with van der Waals surface area (Å²) in [4.78, 5) is 36.1. The van der Waals surface area contributed by atoms with Crippen molar-refractivity contribution in [2.45, 2.75) is 25.9 Å². The van der Waals surface area contributed by atoms with Gasteiger partial charge in [-0.15, -0.1) is 0 Å². The number of esters is 1. The van der Waals surface area contributed by atoms with Crippen LogP contribution in [0.3, 0.4) is 0 Å². The van der Waals surface area contributed by atoms with Gasteiger partial charge in [-0.3, -0.25) is 9.59 Å². The van der Waals surface area contributed by atoms with E-state index in [1.54, 1.807) is 42.5 Å². The summed E-state index contributed by atoms with van der Waals surface area (Å²) in [6.07, 6.45) is -0.0480. The summed E-state index contributed by atoms with van der Waals surface area (Å²) in [5, 5.41) is 5.44. The lowest BCUT2D eigenvalue weighted by Gasteiger charge is -2.18. The van der Waals surface area contributed by atoms with E-state index in [1.165, 1.54) is 14.0 Å². The number of methoxy groups -OCH3 is 1. The van der Waals surface area contributed by atoms with Gasteiger partial charge in [-0.25, -0.2) is 4.79 Å². The molecule has 1 heterocycles. The van der Waals surface area contributed by atoms with Crippen LogP contribution in [0.15, 0.2) is 42.5 Å². The molecule has 7 nitrogen and oxygen atoms in total. The number of carbonyl (C=O) groups is 3. The number of fused-ring (bicyclic) bond motifs is 1. The molecule has 7 heteroatoms. The number of ether oxygens (including phenoxy) is 2. The Hall–Kier alpha value is -3.35. The highest BCUT2D eigenvalue weighted by Crippen LogP contribution is 2.25. The molecule has 0 aliphatic carbocycles. The molecule has 2 N–H and O–H groups in total. The Balaban J connectivity index is 1.65. The average Bonchev–Trinajstić information content (AvgIpc) is 2.67. The zero-order valence-electron chi connectivity index (χ0n) is 15.1. The second-order valence-corrected chi connectivity index (χ2v) is 6.16. The van der Waals surface area contributed by atoms with E-state index in [0.717, 1.165) is 5.56 Å². The zero-order valence-corrected chi connectivity index (χ0v) is 15.1. The highest BCUT2D eigenvalue weighted by molar-refractivity contribution is 5.99. The summed E-state index contributed by atoms with van der Waals surface area (Å²) < 4.78 is 10.5. The number of hydrogen-bond donors (Lipinski definition) is 2. The third-order valence-electron chi connectivity index (χ3n) is 4.25. The fraction of sp³-hybridized carbons (Fsp3) is 0.250. The number of amides is 2. The molecule has 27 heavy (non-hydrogen) atoms. The van der Waals surface area contributed by atoms with Crippen LogP contribution >= 0.6 is 0 Å². The van der Waals surface area contributed by atoms with Crippen LogP contribution in [-0.2, 0) is 20.7 Å². The molecule has 1 aliphatic rings. The molecule has 0 spiro atoms. The van der Waals surface area contributed by atoms with Crippen molar-refractivity contribution >= 4 is 29.2 Å². The van der Waals surface area contributed by atoms with Crippen molar-refractivity contribution < 1.29 is 23.9 Å². The van der Waals surface area contributed by atoms with Crippen molar-refractivity contribution in [3.8, 4) is 5.75 Å². The normalized spacial score (nSPS) is 13.8. The lowest BCUT2D eigenvalue weighted by Crippen LogP contribution is -2.30. The molecular formula is C20H20N2O5. The number of nitrogens with one attached hydrogen (secondary N) is 2. The molecule has 0 saturated heterocycles. The van der Waals surface area contributed by atoms with Gasteiger partial charge >= 0.3 is 5.97 Å². The largest absolute Gasteiger partial charge is 0.495 e. The maximum atomic E-state index is 12.4. The number of aryl methyl sites for hydroxylation is 1. The molecule has 0 aromatic heterocycles. The number of carbonyl (C=O) groups excluding carboxylic acids is 3. The number of rotatable bonds is 5. The van der Waals surface area contributed by atoms with Crippen LogP contribution in [0.4, 0.5) is 11.4 Å². The van der Waals surface area contributed by atoms with Crippen LogP contribution in [-0.4, -0.2) is 31.0 Å². The molecular weight excluding hydrogens is 348 g/mol. The van der Waals surface area contributed by atoms with Crippen molar-refractivity contribution in [1.29, 1.82) is 0 Å². The van der Waals surface area contributed by atoms with E-state index in [4.69, 9.17) is 9.47 Å². The minimum atomic E-state index is -0.988. The maximum Gasteiger partial charge on any atom is 0.338 e. The number of anilines is 2. The Labute approximate surface area is 156 Å². The molecule has 1 aliphatic heterocycles. The fourth-order valence-corrected chi connectivity index (χ4v) is 2.77. The van der Waals surface area contributed by atoms with Crippen LogP contribution in [0.1, 0.15) is 29.3 Å². The van der Waals surface area contributed by atoms with Crippen molar-refractivity contribution in [1.82, 2.24) is 0 Å². The van der Waals surface area contributed by atoms with Gasteiger partial charge in [-0.05, 0) is 49.2 Å². The highest BCUT2D eigenvalue weighted by Gasteiger charge is 2.22. The van der Waals surface area contributed by atoms with Gasteiger partial charge in [-0.1, -0.05) is 12.1 Å². The Morgan fingerprint density at radius 1 is 1.15 bits per heavy atom. The third-order valence-corrected chi connectivity index (χ3v) is 4.25. The van der Waals surface area contributed by atoms with Gasteiger partial charge in [0.05, 0.1) is 18.4 Å². The first-order valence-corrected chi connectivity index (χ1v) is 8.55. The van der Waals surface area contributed by atoms with Crippen LogP contribution < -0.4 is 15.4 Å². The summed E-state index contributed by atoms with van der Waals surface area (Å²) in [6.45, 7) is 1.50. The van der Waals surface area contributed by atoms with Gasteiger partial charge in [0.25, 0.3) is 5.91 Å². The van der Waals surface area contributed by atoms with Gasteiger partial charge in [0.1, 0.15) is 5.75 Å². The van der Waals surface area contributed by atoms with Gasteiger partial charge in [0, 0.05) is 12.1 Å². The molecule has 0 unspecified atom stereocenters. The molecule has 2 aromatic rings. The second kappa shape index (κ2) is 7.90. The minimum absolute atomic E-state index is 0.0422. The maximum absolute atomic E-state index is 12.4. The number of hydrogen-bond acceptors (Lipinski definition) is 5. The number of benzene rings is 2. The SMILES string of the molecule is COc1ccccc1NC(=O)[C@@H](C)OC(=O)c1ccc2c(c1)CCC(=O)N2. The van der Waals surface area contributed by atoms with Crippen molar-refractivity contribution in [3.63, 3.8) is 0 Å². The molecule has 0 saturated carbocycles. The lowest BCUT2D eigenvalue weighted by molar-refractivity contribution is -0.123. The summed E-state index contributed by atoms with van der Waals surface area (Å²) >= 11 is 0. The van der Waals surface area contributed by atoms with E-state index < -0.39 is 18.0 Å². The zero-order chi connectivity index (χ0) is 19.4. The molecule has 3 rings (SSSR count). The Bertz CT molecular complexity index is 894. The predicted molar refractivity (Wildman–Crippen MR) is 99.9 cm³/mol. The molecule has 0 bridgehead atoms. The van der Waals surface area contributed by atoms with Crippen LogP contribution in [0, 0.1) is 0 Å². The molecule has 0 radical (unpaired) electrons. The molecule has 140 valence electrons. The van der Waals surface area contributed by atoms with Crippen LogP contribution in [0.5, 0.6) is 5.75 Å². The standard InChI is InChI=1S/C20H20N2O5/c1-12(19(24)22-16-5-3-4-6-17(16)26-2)27-20(25)14-7-9-15-13(11-14)8-10-18(23)21-15/h3-7,9,11-12H,8,10H2,1-2H3,(H,21,23)(H,22,24)/t12-/m1/s1. The first-order chi connectivity index (χ1) is 13.0. The van der Waals surface area contributed by atoms with Gasteiger partial charge in [0.2, 0.25) is 5.91 Å². The fourth-order valence-electron chi connectivity index (χ4n) is 2.77. The molecule has 2 amide bonds. The average molecular weight is 368 g/mol. The predicted octanol–water partition coefficient (Wildman–Crippen LogP) is 2.76. The summed E-state index contributed by atoms with van der Waals surface area (Å²) in [6, 6.07) is 11.9. The quantitative estimate of drug-likeness (QED) is 0.792. The van der Waals surface area contributed by atoms with Crippen molar-refractivity contribution in [2.75, 3.05) is 17.7 Å². The smallest absolute Gasteiger partial charge is 0.338 e. The Kier molecular flexibility index (Phi) is 5.40. The lowest BCUT2D eigenvalue weighted by atomic mass is 10.0. The topological polar surface area (TPSA) is 93.7 Å². The van der Waals surface area contributed by atoms with Gasteiger partial charge < -0.3 is 20.1 Å². The van der Waals surface area contributed by atoms with E-state index in [0.29, 0.717) is 35.5 Å². The van der Waals surface area contributed by atoms with E-state index in [-0.39, 0.29) is 5.91 Å².